The van der Waals surface area contributed by atoms with E-state index in [-0.39, 0.29) is 11.7 Å². The van der Waals surface area contributed by atoms with Crippen LogP contribution in [0.5, 0.6) is 0 Å². The van der Waals surface area contributed by atoms with Crippen molar-refractivity contribution in [1.82, 2.24) is 5.32 Å². The molecule has 1 spiro atoms. The lowest BCUT2D eigenvalue weighted by molar-refractivity contribution is 0.300. The Bertz CT molecular complexity index is 295. The van der Waals surface area contributed by atoms with E-state index in [4.69, 9.17) is 0 Å². The molecule has 2 heterocycles. The average molecular weight is 207 g/mol. The Morgan fingerprint density at radius 1 is 1.54 bits per heavy atom. The van der Waals surface area contributed by atoms with E-state index in [2.05, 4.69) is 5.32 Å². The molecule has 1 N–H and O–H groups in total. The predicted molar refractivity (Wildman–Crippen MR) is 48.1 cm³/mol. The maximum absolute atomic E-state index is 12.6. The molecule has 2 fully saturated rings. The predicted octanol–water partition coefficient (Wildman–Crippen LogP) is 0.123. The van der Waals surface area contributed by atoms with Crippen LogP contribution in [0.4, 0.5) is 4.39 Å². The molecule has 3 nitrogen and oxygen atoms in total. The number of hydrogen-bond acceptors (Lipinski definition) is 3. The Morgan fingerprint density at radius 3 is 2.85 bits per heavy atom. The highest BCUT2D eigenvalue weighted by atomic mass is 32.2. The van der Waals surface area contributed by atoms with Crippen molar-refractivity contribution >= 4 is 9.84 Å². The zero-order chi connectivity index (χ0) is 9.53. The summed E-state index contributed by atoms with van der Waals surface area (Å²) in [5, 5.41) is 3.03. The van der Waals surface area contributed by atoms with E-state index < -0.39 is 21.3 Å². The molecule has 0 aliphatic carbocycles. The van der Waals surface area contributed by atoms with Crippen molar-refractivity contribution in [2.75, 3.05) is 25.5 Å². The van der Waals surface area contributed by atoms with Gasteiger partial charge < -0.3 is 5.32 Å². The number of halogens is 1. The second kappa shape index (κ2) is 2.92. The van der Waals surface area contributed by atoms with Gasteiger partial charge in [-0.1, -0.05) is 0 Å². The van der Waals surface area contributed by atoms with Gasteiger partial charge in [0.2, 0.25) is 0 Å². The molecule has 0 bridgehead atoms. The molecule has 0 unspecified atom stereocenters. The molecule has 2 rings (SSSR count). The first-order valence-electron chi connectivity index (χ1n) is 4.61. The smallest absolute Gasteiger partial charge is 0.157 e. The average Bonchev–Trinajstić information content (AvgIpc) is 2.63. The number of nitrogens with one attached hydrogen (secondary N) is 1. The molecular weight excluding hydrogens is 193 g/mol. The van der Waals surface area contributed by atoms with Crippen LogP contribution < -0.4 is 5.32 Å². The minimum Gasteiger partial charge on any atom is -0.315 e. The van der Waals surface area contributed by atoms with Gasteiger partial charge in [0.15, 0.2) is 9.84 Å². The summed E-state index contributed by atoms with van der Waals surface area (Å²) in [5.74, 6) is -0.101. The maximum atomic E-state index is 12.6. The van der Waals surface area contributed by atoms with Crippen LogP contribution >= 0.6 is 0 Å². The normalized spacial score (nSPS) is 43.0. The summed E-state index contributed by atoms with van der Waals surface area (Å²) in [6, 6.07) is 0. The summed E-state index contributed by atoms with van der Waals surface area (Å²) in [6.45, 7) is 0.653. The van der Waals surface area contributed by atoms with Gasteiger partial charge in [-0.3, -0.25) is 4.39 Å². The Morgan fingerprint density at radius 2 is 2.31 bits per heavy atom. The van der Waals surface area contributed by atoms with Crippen LogP contribution in [0.15, 0.2) is 0 Å². The van der Waals surface area contributed by atoms with E-state index in [0.29, 0.717) is 25.9 Å². The lowest BCUT2D eigenvalue weighted by Crippen LogP contribution is -2.43. The largest absolute Gasteiger partial charge is 0.315 e. The van der Waals surface area contributed by atoms with Gasteiger partial charge in [-0.05, 0) is 19.4 Å². The van der Waals surface area contributed by atoms with Gasteiger partial charge >= 0.3 is 0 Å². The molecule has 2 saturated heterocycles. The molecule has 2 aliphatic heterocycles. The highest BCUT2D eigenvalue weighted by Gasteiger charge is 2.55. The van der Waals surface area contributed by atoms with Gasteiger partial charge in [0, 0.05) is 12.5 Å². The molecule has 0 saturated carbocycles. The quantitative estimate of drug-likeness (QED) is 0.664. The van der Waals surface area contributed by atoms with Crippen molar-refractivity contribution in [3.63, 3.8) is 0 Å². The second-order valence-corrected chi connectivity index (χ2v) is 6.40. The fraction of sp³-hybridized carbons (Fsp3) is 1.00. The molecule has 0 amide bonds. The molecule has 5 heteroatoms. The van der Waals surface area contributed by atoms with Crippen LogP contribution in [0.2, 0.25) is 0 Å². The van der Waals surface area contributed by atoms with E-state index >= 15 is 0 Å². The molecule has 0 aromatic heterocycles. The number of hydrogen-bond donors (Lipinski definition) is 1. The van der Waals surface area contributed by atoms with Crippen LogP contribution in [0.1, 0.15) is 12.8 Å². The van der Waals surface area contributed by atoms with Crippen molar-refractivity contribution in [1.29, 1.82) is 0 Å². The third kappa shape index (κ3) is 1.13. The SMILES string of the molecule is O=S1(=O)CC[C@@H](CF)[C@]12CCNC2. The lowest BCUT2D eigenvalue weighted by Gasteiger charge is -2.26. The zero-order valence-electron chi connectivity index (χ0n) is 7.42. The summed E-state index contributed by atoms with van der Waals surface area (Å²) in [7, 11) is -3.05. The Labute approximate surface area is 77.6 Å². The van der Waals surface area contributed by atoms with Crippen LogP contribution in [0.3, 0.4) is 0 Å². The highest BCUT2D eigenvalue weighted by Crippen LogP contribution is 2.42. The van der Waals surface area contributed by atoms with Crippen molar-refractivity contribution in [3.8, 4) is 0 Å². The Kier molecular flexibility index (Phi) is 2.11. The van der Waals surface area contributed by atoms with Crippen molar-refractivity contribution < 1.29 is 12.8 Å². The van der Waals surface area contributed by atoms with E-state index in [1.807, 2.05) is 0 Å². The summed E-state index contributed by atoms with van der Waals surface area (Å²) in [6.07, 6.45) is 1.09. The second-order valence-electron chi connectivity index (χ2n) is 3.95. The van der Waals surface area contributed by atoms with Gasteiger partial charge in [0.05, 0.1) is 17.2 Å². The fourth-order valence-electron chi connectivity index (χ4n) is 2.54. The Hall–Kier alpha value is -0.160. The van der Waals surface area contributed by atoms with Gasteiger partial charge in [-0.2, -0.15) is 0 Å². The van der Waals surface area contributed by atoms with Crippen molar-refractivity contribution in [2.45, 2.75) is 17.6 Å². The first-order valence-corrected chi connectivity index (χ1v) is 6.27. The third-order valence-electron chi connectivity index (χ3n) is 3.43. The molecular formula is C8H14FNO2S. The van der Waals surface area contributed by atoms with Gasteiger partial charge in [0.1, 0.15) is 0 Å². The molecule has 0 aromatic carbocycles. The summed E-state index contributed by atoms with van der Waals surface area (Å²) in [4.78, 5) is 0. The molecule has 2 aliphatic rings. The van der Waals surface area contributed by atoms with E-state index in [9.17, 15) is 12.8 Å². The first-order chi connectivity index (χ1) is 6.12. The minimum atomic E-state index is -3.05. The molecule has 2 atom stereocenters. The van der Waals surface area contributed by atoms with Crippen molar-refractivity contribution in [3.05, 3.63) is 0 Å². The molecule has 13 heavy (non-hydrogen) atoms. The van der Waals surface area contributed by atoms with Crippen LogP contribution in [-0.2, 0) is 9.84 Å². The van der Waals surface area contributed by atoms with Crippen LogP contribution in [-0.4, -0.2) is 38.7 Å². The molecule has 0 aromatic rings. The summed E-state index contributed by atoms with van der Waals surface area (Å²) in [5.41, 5.74) is 0. The number of sulfone groups is 1. The standard InChI is InChI=1S/C8H14FNO2S/c9-5-7-1-4-13(11,12)8(7)2-3-10-6-8/h7,10H,1-6H2/t7-,8+/m0/s1. The van der Waals surface area contributed by atoms with Gasteiger partial charge in [-0.15, -0.1) is 0 Å². The maximum Gasteiger partial charge on any atom is 0.157 e. The highest BCUT2D eigenvalue weighted by molar-refractivity contribution is 7.93. The Balaban J connectivity index is 2.39. The van der Waals surface area contributed by atoms with E-state index in [1.54, 1.807) is 0 Å². The van der Waals surface area contributed by atoms with Gasteiger partial charge in [0.25, 0.3) is 0 Å². The zero-order valence-corrected chi connectivity index (χ0v) is 8.24. The van der Waals surface area contributed by atoms with Crippen LogP contribution in [0.25, 0.3) is 0 Å². The fourth-order valence-corrected chi connectivity index (χ4v) is 4.96. The molecule has 0 radical (unpaired) electrons. The van der Waals surface area contributed by atoms with Crippen LogP contribution in [0, 0.1) is 5.92 Å². The number of rotatable bonds is 1. The van der Waals surface area contributed by atoms with Gasteiger partial charge in [-0.25, -0.2) is 8.42 Å². The minimum absolute atomic E-state index is 0.170. The lowest BCUT2D eigenvalue weighted by atomic mass is 9.90. The topological polar surface area (TPSA) is 46.2 Å². The monoisotopic (exact) mass is 207 g/mol. The van der Waals surface area contributed by atoms with E-state index in [0.717, 1.165) is 0 Å². The first kappa shape index (κ1) is 9.40. The third-order valence-corrected chi connectivity index (χ3v) is 6.13. The summed E-state index contributed by atoms with van der Waals surface area (Å²) < 4.78 is 35.4. The number of alkyl halides is 1. The van der Waals surface area contributed by atoms with Crippen molar-refractivity contribution in [2.24, 2.45) is 5.92 Å². The summed E-state index contributed by atoms with van der Waals surface area (Å²) >= 11 is 0. The van der Waals surface area contributed by atoms with E-state index in [1.165, 1.54) is 0 Å². The molecule has 76 valence electrons.